The van der Waals surface area contributed by atoms with Crippen molar-refractivity contribution in [3.05, 3.63) is 35.6 Å². The summed E-state index contributed by atoms with van der Waals surface area (Å²) in [7, 11) is 0. The van der Waals surface area contributed by atoms with E-state index >= 15 is 0 Å². The molecule has 0 aromatic carbocycles. The van der Waals surface area contributed by atoms with Crippen LogP contribution in [0.4, 0.5) is 0 Å². The third-order valence-corrected chi connectivity index (χ3v) is 1.40. The van der Waals surface area contributed by atoms with Gasteiger partial charge >= 0.3 is 0 Å². The van der Waals surface area contributed by atoms with E-state index < -0.39 is 0 Å². The van der Waals surface area contributed by atoms with Crippen molar-refractivity contribution in [3.63, 3.8) is 0 Å². The molecule has 0 heterocycles. The van der Waals surface area contributed by atoms with Gasteiger partial charge in [-0.05, 0) is 12.6 Å². The zero-order valence-corrected chi connectivity index (χ0v) is 13.2. The Balaban J connectivity index is 0.00000121. The minimum absolute atomic E-state index is 0. The Morgan fingerprint density at radius 3 is 2.83 bits per heavy atom. The van der Waals surface area contributed by atoms with Gasteiger partial charge in [0, 0.05) is 0 Å². The van der Waals surface area contributed by atoms with Gasteiger partial charge in [-0.25, -0.2) is 0 Å². The molecule has 0 aromatic heterocycles. The first-order valence-corrected chi connectivity index (χ1v) is 3.17. The van der Waals surface area contributed by atoms with Crippen LogP contribution in [0.15, 0.2) is 29.5 Å². The van der Waals surface area contributed by atoms with Gasteiger partial charge in [0.2, 0.25) is 0 Å². The maximum atomic E-state index is 11.0. The summed E-state index contributed by atoms with van der Waals surface area (Å²) >= 11 is 0. The van der Waals surface area contributed by atoms with Gasteiger partial charge in [0.05, 0.1) is 5.78 Å². The van der Waals surface area contributed by atoms with Gasteiger partial charge in [-0.2, -0.15) is 18.2 Å². The van der Waals surface area contributed by atoms with Crippen LogP contribution in [0.3, 0.4) is 0 Å². The first-order valence-electron chi connectivity index (χ1n) is 3.17. The molecular weight excluding hydrogens is 409 g/mol. The molecule has 0 radical (unpaired) electrons. The number of rotatable bonds is 1. The van der Waals surface area contributed by atoms with Crippen molar-refractivity contribution >= 4 is 5.78 Å². The summed E-state index contributed by atoms with van der Waals surface area (Å²) in [5, 5.41) is 8.47. The molecule has 2 N–H and O–H groups in total. The van der Waals surface area contributed by atoms with Crippen molar-refractivity contribution in [1.29, 1.82) is 0 Å². The summed E-state index contributed by atoms with van der Waals surface area (Å²) in [6.45, 7) is 1.62. The van der Waals surface area contributed by atoms with E-state index in [9.17, 15) is 4.79 Å². The second-order valence-corrected chi connectivity index (χ2v) is 2.16. The Hall–Kier alpha value is -2.35. The Labute approximate surface area is 64.7 Å². The van der Waals surface area contributed by atoms with E-state index in [0.29, 0.717) is 11.3 Å². The smallest absolute Gasteiger partial charge is 0.0802 e. The van der Waals surface area contributed by atoms with Crippen molar-refractivity contribution < 1.29 is 10.0 Å². The summed E-state index contributed by atoms with van der Waals surface area (Å²) < 4.78 is 0. The summed E-state index contributed by atoms with van der Waals surface area (Å²) in [5.41, 5.74) is 2.80. The minimum atomic E-state index is -0.122. The molecular formula is C8H8NO2Rf-. The third kappa shape index (κ3) is 1.58. The predicted molar refractivity (Wildman–Crippen MR) is 39.6 cm³/mol. The van der Waals surface area contributed by atoms with Crippen LogP contribution >= 0.6 is 0 Å². The standard InChI is InChI=1S/C8H8NO2.Rf/c1-6(9-11)7-4-2-3-5-8(7)10;/h3-5,9,11H,1H3;/q-1;/b7-6-;. The zero-order valence-electron chi connectivity index (χ0n) is 6.79. The molecule has 0 unspecified atom stereocenters. The van der Waals surface area contributed by atoms with Gasteiger partial charge in [0.1, 0.15) is 0 Å². The summed E-state index contributed by atoms with van der Waals surface area (Å²) in [4.78, 5) is 11.0. The third-order valence-electron chi connectivity index (χ3n) is 1.40. The van der Waals surface area contributed by atoms with Crippen molar-refractivity contribution in [3.8, 4) is 0 Å². The Morgan fingerprint density at radius 1 is 1.67 bits per heavy atom. The molecule has 0 atom stereocenters. The normalized spacial score (nSPS) is 18.7. The van der Waals surface area contributed by atoms with E-state index in [1.807, 2.05) is 5.48 Å². The first-order chi connectivity index (χ1) is 5.25. The van der Waals surface area contributed by atoms with E-state index in [-0.39, 0.29) is 5.78 Å². The molecule has 0 saturated heterocycles. The van der Waals surface area contributed by atoms with Crippen LogP contribution in [-0.4, -0.2) is 11.0 Å². The van der Waals surface area contributed by atoms with E-state index in [0.717, 1.165) is 0 Å². The van der Waals surface area contributed by atoms with E-state index in [4.69, 9.17) is 5.21 Å². The number of hydrogen-bond donors (Lipinski definition) is 2. The number of hydroxylamine groups is 1. The fourth-order valence-electron chi connectivity index (χ4n) is 0.769. The SMILES string of the molecule is C/C(NO)=C1\C=[C-]C=CC1=O.[Rf]. The molecule has 0 fully saturated rings. The molecule has 4 heteroatoms. The molecule has 1 rings (SSSR count). The Kier molecular flexibility index (Phi) is 3.00. The second kappa shape index (κ2) is 3.73. The van der Waals surface area contributed by atoms with Gasteiger partial charge in [0.15, 0.2) is 0 Å². The second-order valence-electron chi connectivity index (χ2n) is 2.16. The minimum Gasteiger partial charge on any atom is -0.318 e. The van der Waals surface area contributed by atoms with Crippen LogP contribution in [0.5, 0.6) is 0 Å². The zero-order chi connectivity index (χ0) is 8.27. The molecule has 12 heavy (non-hydrogen) atoms. The van der Waals surface area contributed by atoms with E-state index in [1.54, 1.807) is 6.92 Å². The van der Waals surface area contributed by atoms with Gasteiger partial charge < -0.3 is 4.79 Å². The van der Waals surface area contributed by atoms with Crippen LogP contribution in [0.1, 0.15) is 6.92 Å². The Bertz CT molecular complexity index is 266. The average molecular weight is 417 g/mol. The van der Waals surface area contributed by atoms with Gasteiger partial charge in [-0.15, -0.1) is 6.08 Å². The molecule has 0 saturated carbocycles. The van der Waals surface area contributed by atoms with Gasteiger partial charge in [0.25, 0.3) is 0 Å². The Morgan fingerprint density at radius 2 is 2.33 bits per heavy atom. The van der Waals surface area contributed by atoms with Crippen molar-refractivity contribution in [1.82, 2.24) is 5.48 Å². The fourth-order valence-corrected chi connectivity index (χ4v) is 0.769. The van der Waals surface area contributed by atoms with E-state index in [1.165, 1.54) is 18.2 Å². The molecule has 0 aliphatic heterocycles. The molecule has 1 aliphatic carbocycles. The van der Waals surface area contributed by atoms with Crippen LogP contribution in [-0.2, 0) is 4.79 Å². The fraction of sp³-hybridized carbons (Fsp3) is 0.125. The summed E-state index contributed by atoms with van der Waals surface area (Å²) in [6.07, 6.45) is 7.21. The largest absolute Gasteiger partial charge is 0.318 e. The van der Waals surface area contributed by atoms with Crippen LogP contribution in [0, 0.1) is 6.08 Å². The number of hydrogen-bond acceptors (Lipinski definition) is 3. The first kappa shape index (κ1) is 9.65. The topological polar surface area (TPSA) is 49.3 Å². The number of carbonyl (C=O) groups is 1. The molecule has 0 bridgehead atoms. The summed E-state index contributed by atoms with van der Waals surface area (Å²) in [6, 6.07) is 0. The number of nitrogens with one attached hydrogen (secondary N) is 1. The quantitative estimate of drug-likeness (QED) is 0.376. The molecule has 0 amide bonds. The number of allylic oxidation sites excluding steroid dienone is 6. The van der Waals surface area contributed by atoms with Crippen molar-refractivity contribution in [2.45, 2.75) is 6.92 Å². The van der Waals surface area contributed by atoms with E-state index in [2.05, 4.69) is 6.08 Å². The number of ketones is 1. The average Bonchev–Trinajstić information content (AvgIpc) is 2.04. The molecule has 60 valence electrons. The summed E-state index contributed by atoms with van der Waals surface area (Å²) in [5.74, 6) is -0.122. The van der Waals surface area contributed by atoms with Gasteiger partial charge in [-0.3, -0.25) is 10.7 Å². The van der Waals surface area contributed by atoms with Crippen LogP contribution < -0.4 is 5.48 Å². The van der Waals surface area contributed by atoms with Crippen LogP contribution in [0.25, 0.3) is 0 Å². The molecule has 0 aromatic rings. The molecule has 1 aliphatic rings. The maximum absolute atomic E-state index is 11.0. The van der Waals surface area contributed by atoms with Gasteiger partial charge in [-0.1, -0.05) is 5.57 Å². The molecule has 0 spiro atoms. The van der Waals surface area contributed by atoms with Crippen molar-refractivity contribution in [2.75, 3.05) is 0 Å². The van der Waals surface area contributed by atoms with Crippen molar-refractivity contribution in [2.24, 2.45) is 0 Å². The monoisotopic (exact) mass is 417 g/mol. The predicted octanol–water partition coefficient (Wildman–Crippen LogP) is 0.737. The van der Waals surface area contributed by atoms with Crippen LogP contribution in [0.2, 0.25) is 0 Å². The maximum Gasteiger partial charge on any atom is 0.0802 e. The number of carbonyl (C=O) groups excluding carboxylic acids is 1. The molecule has 3 nitrogen and oxygen atoms in total.